The Hall–Kier alpha value is -4.56. The summed E-state index contributed by atoms with van der Waals surface area (Å²) in [7, 11) is 3.88. The van der Waals surface area contributed by atoms with Gasteiger partial charge in [-0.2, -0.15) is 22.0 Å². The lowest BCUT2D eigenvalue weighted by Crippen LogP contribution is -2.62. The number of pyridine rings is 1. The molecule has 0 fully saturated rings. The van der Waals surface area contributed by atoms with E-state index >= 15 is 0 Å². The summed E-state index contributed by atoms with van der Waals surface area (Å²) < 4.78 is 70.3. The third-order valence-corrected chi connectivity index (χ3v) is 7.57. The standard InChI is InChI=1S/C30H29F5N6O3/c1-17-20(19-15-24(25-36-11-13-41(25)16-19)39-27(43)37-10-5-12-40(2)3)6-4-7-23(17)38-26(42)18-8-9-21-22(14-18)29(31,32)28(21,44)30(33,34)35/h4,6-9,11,13-16,44H,5,10,12H2,1-3H3,(H,38,42)(H2,37,39,43). The molecular weight excluding hydrogens is 587 g/mol. The number of aliphatic hydroxyl groups is 1. The van der Waals surface area contributed by atoms with Gasteiger partial charge in [-0.15, -0.1) is 0 Å². The monoisotopic (exact) mass is 616 g/mol. The molecule has 0 aliphatic heterocycles. The molecule has 3 amide bonds. The first-order chi connectivity index (χ1) is 20.6. The quantitative estimate of drug-likeness (QED) is 0.155. The molecule has 2 aromatic carbocycles. The van der Waals surface area contributed by atoms with Gasteiger partial charge in [-0.05, 0) is 69.4 Å². The van der Waals surface area contributed by atoms with E-state index in [1.54, 1.807) is 54.2 Å². The molecule has 2 aromatic heterocycles. The Kier molecular flexibility index (Phi) is 7.84. The molecule has 0 spiro atoms. The van der Waals surface area contributed by atoms with Crippen molar-refractivity contribution in [1.29, 1.82) is 0 Å². The highest BCUT2D eigenvalue weighted by Gasteiger charge is 2.78. The number of aromatic nitrogens is 2. The number of hydrogen-bond acceptors (Lipinski definition) is 5. The summed E-state index contributed by atoms with van der Waals surface area (Å²) in [6.45, 7) is 3.01. The van der Waals surface area contributed by atoms with Gasteiger partial charge in [0, 0.05) is 53.1 Å². The van der Waals surface area contributed by atoms with Crippen LogP contribution in [0.25, 0.3) is 16.8 Å². The van der Waals surface area contributed by atoms with E-state index in [1.807, 2.05) is 19.0 Å². The first-order valence-corrected chi connectivity index (χ1v) is 13.5. The van der Waals surface area contributed by atoms with Gasteiger partial charge < -0.3 is 30.4 Å². The van der Waals surface area contributed by atoms with E-state index in [4.69, 9.17) is 0 Å². The van der Waals surface area contributed by atoms with Crippen LogP contribution in [-0.4, -0.2) is 64.7 Å². The number of nitrogens with zero attached hydrogens (tertiary/aromatic N) is 3. The van der Waals surface area contributed by atoms with Crippen LogP contribution in [0.3, 0.4) is 0 Å². The molecule has 232 valence electrons. The van der Waals surface area contributed by atoms with E-state index in [1.165, 1.54) is 0 Å². The van der Waals surface area contributed by atoms with Crippen molar-refractivity contribution in [2.75, 3.05) is 37.8 Å². The summed E-state index contributed by atoms with van der Waals surface area (Å²) in [5, 5.41) is 18.0. The number of carbonyl (C=O) groups excluding carboxylic acids is 2. The first-order valence-electron chi connectivity index (χ1n) is 13.5. The predicted molar refractivity (Wildman–Crippen MR) is 154 cm³/mol. The number of amides is 3. The second-order valence-electron chi connectivity index (χ2n) is 10.8. The molecule has 0 saturated heterocycles. The topological polar surface area (TPSA) is 111 Å². The Morgan fingerprint density at radius 2 is 1.80 bits per heavy atom. The number of fused-ring (bicyclic) bond motifs is 2. The van der Waals surface area contributed by atoms with Crippen LogP contribution in [0, 0.1) is 6.92 Å². The van der Waals surface area contributed by atoms with Gasteiger partial charge in [-0.3, -0.25) is 4.79 Å². The largest absolute Gasteiger partial charge is 0.427 e. The van der Waals surface area contributed by atoms with E-state index < -0.39 is 40.8 Å². The second-order valence-corrected chi connectivity index (χ2v) is 10.8. The SMILES string of the molecule is Cc1c(NC(=O)c2ccc3c(c2)C(F)(F)C3(O)C(F)(F)F)cccc1-c1cc(NC(=O)NCCCN(C)C)c2nccn2c1. The number of rotatable bonds is 8. The zero-order valence-corrected chi connectivity index (χ0v) is 23.9. The normalized spacial score (nSPS) is 17.2. The molecule has 1 unspecified atom stereocenters. The summed E-state index contributed by atoms with van der Waals surface area (Å²) in [5.41, 5.74) is -3.47. The number of nitrogens with one attached hydrogen (secondary N) is 3. The number of halogens is 5. The lowest BCUT2D eigenvalue weighted by Gasteiger charge is -2.47. The van der Waals surface area contributed by atoms with Crippen molar-refractivity contribution < 1.29 is 36.6 Å². The molecule has 14 heteroatoms. The van der Waals surface area contributed by atoms with E-state index in [2.05, 4.69) is 20.9 Å². The highest BCUT2D eigenvalue weighted by molar-refractivity contribution is 6.05. The Labute approximate surface area is 248 Å². The molecule has 44 heavy (non-hydrogen) atoms. The zero-order valence-electron chi connectivity index (χ0n) is 23.9. The molecule has 0 radical (unpaired) electrons. The van der Waals surface area contributed by atoms with E-state index in [0.29, 0.717) is 52.4 Å². The van der Waals surface area contributed by atoms with Crippen LogP contribution in [-0.2, 0) is 11.5 Å². The lowest BCUT2D eigenvalue weighted by molar-refractivity contribution is -0.364. The molecule has 0 bridgehead atoms. The van der Waals surface area contributed by atoms with Gasteiger partial charge in [0.1, 0.15) is 0 Å². The molecule has 1 aliphatic carbocycles. The third kappa shape index (κ3) is 5.24. The van der Waals surface area contributed by atoms with E-state index in [0.717, 1.165) is 19.0 Å². The maximum Gasteiger partial charge on any atom is 0.427 e. The van der Waals surface area contributed by atoms with Gasteiger partial charge in [0.2, 0.25) is 0 Å². The van der Waals surface area contributed by atoms with Crippen LogP contribution in [0.5, 0.6) is 0 Å². The summed E-state index contributed by atoms with van der Waals surface area (Å²) in [6.07, 6.45) is 0.241. The molecule has 9 nitrogen and oxygen atoms in total. The highest BCUT2D eigenvalue weighted by atomic mass is 19.4. The number of urea groups is 1. The molecule has 5 rings (SSSR count). The van der Waals surface area contributed by atoms with Crippen LogP contribution in [0.15, 0.2) is 61.1 Å². The van der Waals surface area contributed by atoms with Crippen molar-refractivity contribution >= 4 is 29.0 Å². The molecule has 1 atom stereocenters. The van der Waals surface area contributed by atoms with Crippen molar-refractivity contribution in [2.24, 2.45) is 0 Å². The highest BCUT2D eigenvalue weighted by Crippen LogP contribution is 2.63. The predicted octanol–water partition coefficient (Wildman–Crippen LogP) is 5.49. The molecule has 4 aromatic rings. The van der Waals surface area contributed by atoms with Crippen molar-refractivity contribution in [3.8, 4) is 11.1 Å². The van der Waals surface area contributed by atoms with Crippen molar-refractivity contribution in [2.45, 2.75) is 31.0 Å². The molecule has 0 saturated carbocycles. The van der Waals surface area contributed by atoms with Crippen LogP contribution >= 0.6 is 0 Å². The number of hydrogen-bond donors (Lipinski definition) is 4. The molecule has 1 aliphatic rings. The average Bonchev–Trinajstić information content (AvgIpc) is 3.44. The Bertz CT molecular complexity index is 1750. The second kappa shape index (κ2) is 11.2. The lowest BCUT2D eigenvalue weighted by atomic mass is 9.68. The fourth-order valence-electron chi connectivity index (χ4n) is 5.21. The Morgan fingerprint density at radius 1 is 1.05 bits per heavy atom. The van der Waals surface area contributed by atoms with E-state index in [-0.39, 0.29) is 5.56 Å². The molecule has 2 heterocycles. The Morgan fingerprint density at radius 3 is 2.50 bits per heavy atom. The van der Waals surface area contributed by atoms with Crippen LogP contribution in [0.2, 0.25) is 0 Å². The maximum atomic E-state index is 14.4. The third-order valence-electron chi connectivity index (χ3n) is 7.57. The Balaban J connectivity index is 1.38. The smallest absolute Gasteiger partial charge is 0.371 e. The van der Waals surface area contributed by atoms with Crippen LogP contribution < -0.4 is 16.0 Å². The number of alkyl halides is 5. The number of anilines is 2. The minimum Gasteiger partial charge on any atom is -0.371 e. The van der Waals surface area contributed by atoms with Gasteiger partial charge in [0.25, 0.3) is 11.5 Å². The number of benzene rings is 2. The van der Waals surface area contributed by atoms with Crippen molar-refractivity contribution in [1.82, 2.24) is 19.6 Å². The van der Waals surface area contributed by atoms with Gasteiger partial charge >= 0.3 is 18.1 Å². The van der Waals surface area contributed by atoms with E-state index in [9.17, 15) is 36.6 Å². The molecule has 4 N–H and O–H groups in total. The van der Waals surface area contributed by atoms with Gasteiger partial charge in [-0.25, -0.2) is 9.78 Å². The summed E-state index contributed by atoms with van der Waals surface area (Å²) in [4.78, 5) is 31.9. The van der Waals surface area contributed by atoms with Gasteiger partial charge in [0.15, 0.2) is 5.65 Å². The van der Waals surface area contributed by atoms with Crippen LogP contribution in [0.4, 0.5) is 38.1 Å². The zero-order chi connectivity index (χ0) is 32.0. The van der Waals surface area contributed by atoms with Crippen molar-refractivity contribution in [3.05, 3.63) is 83.3 Å². The summed E-state index contributed by atoms with van der Waals surface area (Å²) in [5.74, 6) is -5.45. The fourth-order valence-corrected chi connectivity index (χ4v) is 5.21. The maximum absolute atomic E-state index is 14.4. The molecular formula is C30H29F5N6O3. The number of imidazole rings is 1. The minimum atomic E-state index is -5.60. The summed E-state index contributed by atoms with van der Waals surface area (Å²) >= 11 is 0. The fraction of sp³-hybridized carbons (Fsp3) is 0.300. The van der Waals surface area contributed by atoms with Crippen LogP contribution in [0.1, 0.15) is 33.5 Å². The number of carbonyl (C=O) groups is 2. The minimum absolute atomic E-state index is 0.305. The summed E-state index contributed by atoms with van der Waals surface area (Å²) in [6, 6.07) is 8.67. The van der Waals surface area contributed by atoms with Gasteiger partial charge in [0.05, 0.1) is 5.69 Å². The van der Waals surface area contributed by atoms with Gasteiger partial charge in [-0.1, -0.05) is 18.2 Å². The van der Waals surface area contributed by atoms with Crippen molar-refractivity contribution in [3.63, 3.8) is 0 Å². The first kappa shape index (κ1) is 30.9. The average molecular weight is 617 g/mol.